The van der Waals surface area contributed by atoms with Crippen LogP contribution in [0.4, 0.5) is 4.79 Å². The van der Waals surface area contributed by atoms with Gasteiger partial charge in [0.25, 0.3) is 5.91 Å². The Morgan fingerprint density at radius 2 is 1.21 bits per heavy atom. The molecule has 0 radical (unpaired) electrons. The van der Waals surface area contributed by atoms with Crippen molar-refractivity contribution in [2.24, 2.45) is 0 Å². The van der Waals surface area contributed by atoms with Crippen molar-refractivity contribution in [1.29, 1.82) is 0 Å². The van der Waals surface area contributed by atoms with Crippen molar-refractivity contribution in [3.8, 4) is 0 Å². The number of hydrogen-bond donors (Lipinski definition) is 6. The van der Waals surface area contributed by atoms with Crippen LogP contribution in [0.3, 0.4) is 0 Å². The lowest BCUT2D eigenvalue weighted by Crippen LogP contribution is -2.48. The van der Waals surface area contributed by atoms with Crippen LogP contribution in [0.1, 0.15) is 13.8 Å². The second-order valence-corrected chi connectivity index (χ2v) is 9.57. The topological polar surface area (TPSA) is 162 Å². The first-order chi connectivity index (χ1) is 13.5. The Kier molecular flexibility index (Phi) is 11.2. The minimum absolute atomic E-state index is 0.0795. The fourth-order valence-electron chi connectivity index (χ4n) is 2.70. The van der Waals surface area contributed by atoms with Gasteiger partial charge in [-0.3, -0.25) is 9.69 Å². The van der Waals surface area contributed by atoms with E-state index in [0.29, 0.717) is 0 Å². The molecule has 3 amide bonds. The first-order valence-corrected chi connectivity index (χ1v) is 11.6. The van der Waals surface area contributed by atoms with Crippen LogP contribution in [0.2, 0.25) is 0 Å². The number of thioether (sulfide) groups is 2. The Bertz CT molecular complexity index is 540. The molecule has 1 aliphatic rings. The fourth-order valence-corrected chi connectivity index (χ4v) is 4.48. The molecule has 1 aliphatic heterocycles. The predicted molar refractivity (Wildman–Crippen MR) is 111 cm³/mol. The monoisotopic (exact) mass is 456 g/mol. The standard InChI is InChI=1S/C17H32N2O8S2/c1-17(2)15(26)18(3-11(22)7-28-9-13(24)5-20)16(27)19(17)4-12(23)8-29-10-14(25)6-21/h11-14,20-25H,3-10H2,1-2H3. The van der Waals surface area contributed by atoms with Gasteiger partial charge in [0, 0.05) is 23.0 Å². The van der Waals surface area contributed by atoms with Gasteiger partial charge in [0.2, 0.25) is 0 Å². The maximum Gasteiger partial charge on any atom is 0.327 e. The van der Waals surface area contributed by atoms with E-state index in [9.17, 15) is 30.0 Å². The Morgan fingerprint density at radius 1 is 0.793 bits per heavy atom. The van der Waals surface area contributed by atoms with Crippen LogP contribution in [0.25, 0.3) is 0 Å². The largest absolute Gasteiger partial charge is 0.394 e. The van der Waals surface area contributed by atoms with Gasteiger partial charge in [0.05, 0.1) is 50.7 Å². The van der Waals surface area contributed by atoms with E-state index in [1.165, 1.54) is 28.4 Å². The molecular weight excluding hydrogens is 424 g/mol. The number of β-amino-alcohol motifs (C(OH)–C–C–N with tert-alkyl or cyclic N) is 2. The van der Waals surface area contributed by atoms with Crippen LogP contribution in [0, 0.1) is 0 Å². The summed E-state index contributed by atoms with van der Waals surface area (Å²) in [6.45, 7) is 2.11. The zero-order chi connectivity index (χ0) is 22.2. The molecule has 1 saturated heterocycles. The average molecular weight is 457 g/mol. The first kappa shape index (κ1) is 26.4. The lowest BCUT2D eigenvalue weighted by atomic mass is 10.0. The number of aliphatic hydroxyl groups excluding tert-OH is 6. The summed E-state index contributed by atoms with van der Waals surface area (Å²) in [4.78, 5) is 27.6. The van der Waals surface area contributed by atoms with Crippen LogP contribution in [0.15, 0.2) is 0 Å². The van der Waals surface area contributed by atoms with Gasteiger partial charge >= 0.3 is 6.03 Å². The van der Waals surface area contributed by atoms with E-state index in [4.69, 9.17) is 10.2 Å². The molecule has 0 aliphatic carbocycles. The highest BCUT2D eigenvalue weighted by Crippen LogP contribution is 2.28. The molecule has 0 bridgehead atoms. The molecule has 0 saturated carbocycles. The van der Waals surface area contributed by atoms with Crippen molar-refractivity contribution >= 4 is 35.5 Å². The summed E-state index contributed by atoms with van der Waals surface area (Å²) in [6, 6.07) is -0.598. The molecule has 12 heteroatoms. The smallest absolute Gasteiger partial charge is 0.327 e. The van der Waals surface area contributed by atoms with E-state index in [1.54, 1.807) is 13.8 Å². The van der Waals surface area contributed by atoms with Gasteiger partial charge in [0.1, 0.15) is 5.54 Å². The highest BCUT2D eigenvalue weighted by Gasteiger charge is 2.51. The molecule has 1 heterocycles. The minimum atomic E-state index is -1.17. The van der Waals surface area contributed by atoms with E-state index in [-0.39, 0.29) is 49.3 Å². The van der Waals surface area contributed by atoms with E-state index in [1.807, 2.05) is 0 Å². The van der Waals surface area contributed by atoms with E-state index in [2.05, 4.69) is 0 Å². The number of rotatable bonds is 14. The van der Waals surface area contributed by atoms with Crippen LogP contribution >= 0.6 is 23.5 Å². The molecule has 4 atom stereocenters. The number of hydrogen-bond acceptors (Lipinski definition) is 10. The Labute approximate surface area is 178 Å². The summed E-state index contributed by atoms with van der Waals surface area (Å²) in [5.74, 6) is 0.392. The van der Waals surface area contributed by atoms with E-state index >= 15 is 0 Å². The molecular formula is C17H32N2O8S2. The summed E-state index contributed by atoms with van der Waals surface area (Å²) in [7, 11) is 0. The van der Waals surface area contributed by atoms with Crippen molar-refractivity contribution in [1.82, 2.24) is 9.80 Å². The second-order valence-electron chi connectivity index (χ2n) is 7.42. The number of nitrogens with zero attached hydrogens (tertiary/aromatic N) is 2. The molecule has 1 rings (SSSR count). The highest BCUT2D eigenvalue weighted by atomic mass is 32.2. The SMILES string of the molecule is CC1(C)C(=O)N(CC(O)CSCC(O)CO)C(=O)N1CC(O)CSCC(O)CO. The maximum atomic E-state index is 12.7. The fraction of sp³-hybridized carbons (Fsp3) is 0.882. The average Bonchev–Trinajstić information content (AvgIpc) is 2.82. The second kappa shape index (κ2) is 12.3. The molecule has 4 unspecified atom stereocenters. The van der Waals surface area contributed by atoms with Gasteiger partial charge in [0.15, 0.2) is 0 Å². The third kappa shape index (κ3) is 7.87. The van der Waals surface area contributed by atoms with Crippen LogP contribution in [-0.2, 0) is 4.79 Å². The summed E-state index contributed by atoms with van der Waals surface area (Å²) in [5, 5.41) is 56.5. The summed E-state index contributed by atoms with van der Waals surface area (Å²) < 4.78 is 0. The zero-order valence-electron chi connectivity index (χ0n) is 16.7. The molecule has 10 nitrogen and oxygen atoms in total. The van der Waals surface area contributed by atoms with Gasteiger partial charge in [-0.05, 0) is 13.8 Å². The Balaban J connectivity index is 2.59. The molecule has 0 aromatic heterocycles. The number of imide groups is 1. The van der Waals surface area contributed by atoms with Crippen LogP contribution in [0.5, 0.6) is 0 Å². The third-order valence-corrected chi connectivity index (χ3v) is 6.84. The minimum Gasteiger partial charge on any atom is -0.394 e. The predicted octanol–water partition coefficient (Wildman–Crippen LogP) is -2.08. The van der Waals surface area contributed by atoms with Gasteiger partial charge in [-0.15, -0.1) is 0 Å². The molecule has 0 aromatic carbocycles. The van der Waals surface area contributed by atoms with E-state index < -0.39 is 41.9 Å². The Hall–Kier alpha value is -0.600. The van der Waals surface area contributed by atoms with Gasteiger partial charge in [-0.25, -0.2) is 4.79 Å². The third-order valence-electron chi connectivity index (χ3n) is 4.35. The Morgan fingerprint density at radius 3 is 1.66 bits per heavy atom. The molecule has 0 spiro atoms. The molecule has 0 aromatic rings. The van der Waals surface area contributed by atoms with Crippen molar-refractivity contribution in [3.05, 3.63) is 0 Å². The summed E-state index contributed by atoms with van der Waals surface area (Å²) >= 11 is 2.43. The molecule has 29 heavy (non-hydrogen) atoms. The normalized spacial score (nSPS) is 20.8. The highest BCUT2D eigenvalue weighted by molar-refractivity contribution is 7.99. The quantitative estimate of drug-likeness (QED) is 0.160. The van der Waals surface area contributed by atoms with Crippen LogP contribution in [-0.4, -0.2) is 132 Å². The molecule has 6 N–H and O–H groups in total. The zero-order valence-corrected chi connectivity index (χ0v) is 18.3. The van der Waals surface area contributed by atoms with Gasteiger partial charge in [-0.1, -0.05) is 0 Å². The number of carbonyl (C=O) groups excluding carboxylic acids is 2. The van der Waals surface area contributed by atoms with Gasteiger partial charge in [-0.2, -0.15) is 23.5 Å². The van der Waals surface area contributed by atoms with Crippen molar-refractivity contribution in [2.45, 2.75) is 43.8 Å². The summed E-state index contributed by atoms with van der Waals surface area (Å²) in [5.41, 5.74) is -1.17. The lowest BCUT2D eigenvalue weighted by molar-refractivity contribution is -0.132. The number of urea groups is 1. The maximum absolute atomic E-state index is 12.7. The molecule has 170 valence electrons. The first-order valence-electron chi connectivity index (χ1n) is 9.27. The van der Waals surface area contributed by atoms with Gasteiger partial charge < -0.3 is 35.5 Å². The number of aliphatic hydroxyl groups is 6. The molecule has 1 fully saturated rings. The van der Waals surface area contributed by atoms with E-state index in [0.717, 1.165) is 4.90 Å². The number of amides is 3. The van der Waals surface area contributed by atoms with Crippen LogP contribution < -0.4 is 0 Å². The number of carbonyl (C=O) groups is 2. The lowest BCUT2D eigenvalue weighted by Gasteiger charge is -2.29. The van der Waals surface area contributed by atoms with Crippen molar-refractivity contribution in [2.75, 3.05) is 49.3 Å². The summed E-state index contributed by atoms with van der Waals surface area (Å²) in [6.07, 6.45) is -3.70. The van der Waals surface area contributed by atoms with Crippen molar-refractivity contribution in [3.63, 3.8) is 0 Å². The van der Waals surface area contributed by atoms with Crippen molar-refractivity contribution < 1.29 is 40.2 Å².